The number of rotatable bonds is 3. The highest BCUT2D eigenvalue weighted by Gasteiger charge is 2.27. The lowest BCUT2D eigenvalue weighted by Crippen LogP contribution is -2.38. The van der Waals surface area contributed by atoms with Crippen LogP contribution in [0.5, 0.6) is 5.75 Å². The van der Waals surface area contributed by atoms with E-state index in [1.165, 1.54) is 4.31 Å². The van der Waals surface area contributed by atoms with Gasteiger partial charge in [0.1, 0.15) is 5.75 Å². The normalized spacial score (nSPS) is 16.3. The van der Waals surface area contributed by atoms with Crippen molar-refractivity contribution in [3.8, 4) is 5.75 Å². The first-order chi connectivity index (χ1) is 12.0. The Morgan fingerprint density at radius 2 is 1.88 bits per heavy atom. The van der Waals surface area contributed by atoms with Crippen LogP contribution >= 0.6 is 0 Å². The topological polar surface area (TPSA) is 75.7 Å². The van der Waals surface area contributed by atoms with E-state index in [-0.39, 0.29) is 5.75 Å². The lowest BCUT2D eigenvalue weighted by Gasteiger charge is -2.29. The fourth-order valence-corrected chi connectivity index (χ4v) is 4.45. The fourth-order valence-electron chi connectivity index (χ4n) is 2.75. The highest BCUT2D eigenvalue weighted by Crippen LogP contribution is 2.29. The number of ether oxygens (including phenoxy) is 1. The van der Waals surface area contributed by atoms with E-state index in [2.05, 4.69) is 5.32 Å². The Morgan fingerprint density at radius 1 is 1.12 bits per heavy atom. The van der Waals surface area contributed by atoms with Crippen LogP contribution < -0.4 is 14.4 Å². The Balaban J connectivity index is 1.78. The monoisotopic (exact) mass is 360 g/mol. The molecular weight excluding hydrogens is 340 g/mol. The Hall–Kier alpha value is -2.54. The molecule has 1 aliphatic rings. The average Bonchev–Trinajstić information content (AvgIpc) is 2.57. The van der Waals surface area contributed by atoms with Crippen LogP contribution in [0.15, 0.2) is 48.5 Å². The zero-order chi connectivity index (χ0) is 17.9. The second-order valence-corrected chi connectivity index (χ2v) is 7.94. The Morgan fingerprint density at radius 3 is 2.60 bits per heavy atom. The van der Waals surface area contributed by atoms with Crippen LogP contribution in [0.25, 0.3) is 0 Å². The van der Waals surface area contributed by atoms with Crippen LogP contribution in [0.3, 0.4) is 0 Å². The molecule has 7 heteroatoms. The van der Waals surface area contributed by atoms with Crippen LogP contribution in [0.1, 0.15) is 18.4 Å². The first-order valence-electron chi connectivity index (χ1n) is 8.11. The molecule has 1 heterocycles. The minimum absolute atomic E-state index is 0.153. The van der Waals surface area contributed by atoms with Gasteiger partial charge in [-0.25, -0.2) is 13.2 Å². The summed E-state index contributed by atoms with van der Waals surface area (Å²) >= 11 is 0. The summed E-state index contributed by atoms with van der Waals surface area (Å²) in [5, 5.41) is 2.64. The number of amides is 1. The van der Waals surface area contributed by atoms with Gasteiger partial charge < -0.3 is 4.74 Å². The van der Waals surface area contributed by atoms with Crippen LogP contribution in [0, 0.1) is 6.92 Å². The molecule has 0 atom stereocenters. The number of para-hydroxylation sites is 1. The van der Waals surface area contributed by atoms with Crippen molar-refractivity contribution in [2.45, 2.75) is 19.8 Å². The van der Waals surface area contributed by atoms with Crippen molar-refractivity contribution in [1.82, 2.24) is 0 Å². The first-order valence-corrected chi connectivity index (χ1v) is 9.71. The fraction of sp³-hybridized carbons (Fsp3) is 0.278. The zero-order valence-corrected chi connectivity index (χ0v) is 14.8. The lowest BCUT2D eigenvalue weighted by molar-refractivity contribution is 0.215. The second-order valence-electron chi connectivity index (χ2n) is 5.92. The van der Waals surface area contributed by atoms with Crippen molar-refractivity contribution in [2.75, 3.05) is 21.9 Å². The van der Waals surface area contributed by atoms with Crippen molar-refractivity contribution < 1.29 is 17.9 Å². The third-order valence-corrected chi connectivity index (χ3v) is 5.88. The number of nitrogens with zero attached hydrogens (tertiary/aromatic N) is 1. The molecule has 1 N–H and O–H groups in total. The van der Waals surface area contributed by atoms with Crippen LogP contribution in [0.2, 0.25) is 0 Å². The summed E-state index contributed by atoms with van der Waals surface area (Å²) in [6.07, 6.45) is 0.883. The van der Waals surface area contributed by atoms with Gasteiger partial charge >= 0.3 is 6.09 Å². The molecule has 3 rings (SSSR count). The minimum atomic E-state index is -3.30. The number of carbonyl (C=O) groups excluding carboxylic acids is 1. The Labute approximate surface area is 147 Å². The van der Waals surface area contributed by atoms with E-state index in [1.54, 1.807) is 42.5 Å². The molecule has 0 radical (unpaired) electrons. The minimum Gasteiger partial charge on any atom is -0.410 e. The molecule has 0 spiro atoms. The summed E-state index contributed by atoms with van der Waals surface area (Å²) < 4.78 is 31.3. The predicted molar refractivity (Wildman–Crippen MR) is 97.6 cm³/mol. The molecule has 1 fully saturated rings. The summed E-state index contributed by atoms with van der Waals surface area (Å²) in [6, 6.07) is 13.9. The molecule has 0 unspecified atom stereocenters. The zero-order valence-electron chi connectivity index (χ0n) is 13.9. The Bertz CT molecular complexity index is 866. The van der Waals surface area contributed by atoms with Gasteiger partial charge in [-0.05, 0) is 49.6 Å². The van der Waals surface area contributed by atoms with E-state index in [4.69, 9.17) is 4.74 Å². The summed E-state index contributed by atoms with van der Waals surface area (Å²) in [6.45, 7) is 2.31. The largest absolute Gasteiger partial charge is 0.417 e. The molecule has 0 saturated carbocycles. The molecule has 1 amide bonds. The van der Waals surface area contributed by atoms with E-state index >= 15 is 0 Å². The van der Waals surface area contributed by atoms with Gasteiger partial charge in [-0.2, -0.15) is 0 Å². The van der Waals surface area contributed by atoms with E-state index < -0.39 is 16.1 Å². The number of hydrogen-bond acceptors (Lipinski definition) is 4. The van der Waals surface area contributed by atoms with Gasteiger partial charge in [0.2, 0.25) is 10.0 Å². The maximum Gasteiger partial charge on any atom is 0.417 e. The van der Waals surface area contributed by atoms with Gasteiger partial charge in [0.15, 0.2) is 0 Å². The van der Waals surface area contributed by atoms with Crippen molar-refractivity contribution >= 4 is 27.5 Å². The van der Waals surface area contributed by atoms with E-state index in [0.717, 1.165) is 12.0 Å². The number of hydrogen-bond donors (Lipinski definition) is 1. The van der Waals surface area contributed by atoms with E-state index in [0.29, 0.717) is 30.1 Å². The smallest absolute Gasteiger partial charge is 0.410 e. The molecule has 0 aromatic heterocycles. The summed E-state index contributed by atoms with van der Waals surface area (Å²) in [5.41, 5.74) is 1.92. The van der Waals surface area contributed by atoms with Crippen molar-refractivity contribution in [1.29, 1.82) is 0 Å². The third-order valence-electron chi connectivity index (χ3n) is 4.03. The number of anilines is 2. The van der Waals surface area contributed by atoms with Gasteiger partial charge in [0.05, 0.1) is 11.4 Å². The molecule has 132 valence electrons. The third kappa shape index (κ3) is 4.11. The summed E-state index contributed by atoms with van der Waals surface area (Å²) in [5.74, 6) is 0.589. The lowest BCUT2D eigenvalue weighted by atomic mass is 10.1. The molecule has 0 bridgehead atoms. The van der Waals surface area contributed by atoms with Gasteiger partial charge in [-0.15, -0.1) is 0 Å². The van der Waals surface area contributed by atoms with Crippen molar-refractivity contribution in [3.63, 3.8) is 0 Å². The van der Waals surface area contributed by atoms with Crippen molar-refractivity contribution in [2.24, 2.45) is 0 Å². The number of aryl methyl sites for hydroxylation is 1. The maximum absolute atomic E-state index is 12.3. The number of carbonyl (C=O) groups is 1. The van der Waals surface area contributed by atoms with E-state index in [9.17, 15) is 13.2 Å². The quantitative estimate of drug-likeness (QED) is 0.908. The number of nitrogens with one attached hydrogen (secondary N) is 1. The summed E-state index contributed by atoms with van der Waals surface area (Å²) in [7, 11) is -3.30. The second kappa shape index (κ2) is 7.14. The number of sulfonamides is 1. The molecule has 2 aromatic rings. The molecule has 1 aliphatic heterocycles. The highest BCUT2D eigenvalue weighted by atomic mass is 32.2. The van der Waals surface area contributed by atoms with Crippen molar-refractivity contribution in [3.05, 3.63) is 54.1 Å². The highest BCUT2D eigenvalue weighted by molar-refractivity contribution is 7.92. The van der Waals surface area contributed by atoms with E-state index in [1.807, 2.05) is 13.0 Å². The molecule has 2 aromatic carbocycles. The van der Waals surface area contributed by atoms with Crippen LogP contribution in [-0.4, -0.2) is 26.8 Å². The SMILES string of the molecule is Cc1ccc(NC(=O)Oc2ccccc2)cc1N1CCCCS1(=O)=O. The molecule has 1 saturated heterocycles. The molecule has 25 heavy (non-hydrogen) atoms. The first kappa shape index (κ1) is 17.3. The van der Waals surface area contributed by atoms with Gasteiger partial charge in [0, 0.05) is 12.2 Å². The van der Waals surface area contributed by atoms with Crippen LogP contribution in [0.4, 0.5) is 16.2 Å². The van der Waals surface area contributed by atoms with Crippen LogP contribution in [-0.2, 0) is 10.0 Å². The van der Waals surface area contributed by atoms with Gasteiger partial charge in [-0.1, -0.05) is 24.3 Å². The van der Waals surface area contributed by atoms with Gasteiger partial charge in [-0.3, -0.25) is 9.62 Å². The molecular formula is C18H20N2O4S. The standard InChI is InChI=1S/C18H20N2O4S/c1-14-9-10-15(19-18(21)24-16-7-3-2-4-8-16)13-17(14)20-11-5-6-12-25(20,22)23/h2-4,7-10,13H,5-6,11-12H2,1H3,(H,19,21). The predicted octanol–water partition coefficient (Wildman–Crippen LogP) is 3.54. The number of benzene rings is 2. The molecule has 6 nitrogen and oxygen atoms in total. The Kier molecular flexibility index (Phi) is 4.94. The van der Waals surface area contributed by atoms with Gasteiger partial charge in [0.25, 0.3) is 0 Å². The maximum atomic E-state index is 12.3. The molecule has 0 aliphatic carbocycles. The summed E-state index contributed by atoms with van der Waals surface area (Å²) in [4.78, 5) is 12.0. The average molecular weight is 360 g/mol.